The number of halogens is 9. The zero-order valence-corrected chi connectivity index (χ0v) is 15.1. The molecule has 0 N–H and O–H groups in total. The molecule has 3 aromatic carbocycles. The highest BCUT2D eigenvalue weighted by molar-refractivity contribution is 7.97. The zero-order valence-electron chi connectivity index (χ0n) is 14.2. The Labute approximate surface area is 159 Å². The van der Waals surface area contributed by atoms with Gasteiger partial charge in [-0.2, -0.15) is 0 Å². The van der Waals surface area contributed by atoms with Crippen molar-refractivity contribution in [2.24, 2.45) is 0 Å². The summed E-state index contributed by atoms with van der Waals surface area (Å²) in [4.78, 5) is 4.08. The molecule has 0 bridgehead atoms. The summed E-state index contributed by atoms with van der Waals surface area (Å²) in [6.07, 6.45) is 0. The molecule has 28 heavy (non-hydrogen) atoms. The molecule has 10 heteroatoms. The van der Waals surface area contributed by atoms with Gasteiger partial charge in [0.15, 0.2) is 14.7 Å². The Morgan fingerprint density at radius 2 is 0.464 bits per heavy atom. The van der Waals surface area contributed by atoms with Crippen molar-refractivity contribution in [3.63, 3.8) is 0 Å². The van der Waals surface area contributed by atoms with Gasteiger partial charge in [-0.15, -0.1) is 0 Å². The van der Waals surface area contributed by atoms with Crippen molar-refractivity contribution >= 4 is 10.9 Å². The van der Waals surface area contributed by atoms with Crippen molar-refractivity contribution in [3.8, 4) is 0 Å². The van der Waals surface area contributed by atoms with Crippen LogP contribution in [0, 0.1) is 0 Å². The Morgan fingerprint density at radius 1 is 0.286 bits per heavy atom. The lowest BCUT2D eigenvalue weighted by Crippen LogP contribution is -2.04. The molecular weight excluding hydrogens is 419 g/mol. The van der Waals surface area contributed by atoms with Gasteiger partial charge in [-0.05, 0) is 36.4 Å². The van der Waals surface area contributed by atoms with Gasteiger partial charge in [-0.1, -0.05) is 54.6 Å². The van der Waals surface area contributed by atoms with E-state index < -0.39 is 0 Å². The summed E-state index contributed by atoms with van der Waals surface area (Å²) in [6.45, 7) is 0. The maximum atomic E-state index is 2.21. The van der Waals surface area contributed by atoms with Crippen LogP contribution in [0.5, 0.6) is 0 Å². The van der Waals surface area contributed by atoms with Crippen LogP contribution in [-0.4, -0.2) is 0 Å². The van der Waals surface area contributed by atoms with E-state index in [-0.39, 0.29) is 53.2 Å². The number of rotatable bonds is 3. The largest absolute Gasteiger partial charge is 0.269 e. The van der Waals surface area contributed by atoms with Crippen LogP contribution in [0.3, 0.4) is 0 Å². The van der Waals surface area contributed by atoms with Crippen LogP contribution in [0.4, 0.5) is 42.3 Å². The minimum atomic E-state index is -0.0146. The van der Waals surface area contributed by atoms with Crippen LogP contribution in [0.15, 0.2) is 106 Å². The van der Waals surface area contributed by atoms with Crippen LogP contribution in [0.25, 0.3) is 0 Å². The Kier molecular flexibility index (Phi) is 35.8. The van der Waals surface area contributed by atoms with Crippen molar-refractivity contribution in [1.82, 2.24) is 0 Å². The monoisotopic (exact) mass is 443 g/mol. The van der Waals surface area contributed by atoms with Crippen molar-refractivity contribution in [3.05, 3.63) is 91.0 Å². The van der Waals surface area contributed by atoms with E-state index >= 15 is 0 Å². The molecule has 0 radical (unpaired) electrons. The fourth-order valence-electron chi connectivity index (χ4n) is 2.08. The third-order valence-electron chi connectivity index (χ3n) is 2.94. The second-order valence-corrected chi connectivity index (χ2v) is 6.27. The van der Waals surface area contributed by atoms with E-state index in [0.29, 0.717) is 0 Å². The molecule has 0 aliphatic rings. The molecule has 0 atom stereocenters. The van der Waals surface area contributed by atoms with E-state index in [1.165, 1.54) is 14.7 Å². The summed E-state index contributed by atoms with van der Waals surface area (Å²) < 4.78 is 0. The summed E-state index contributed by atoms with van der Waals surface area (Å²) in [7, 11) is -0.0146. The smallest absolute Gasteiger partial charge is 0.166 e. The third kappa shape index (κ3) is 10.5. The maximum Gasteiger partial charge on any atom is 0.166 e. The fourth-order valence-corrected chi connectivity index (χ4v) is 4.18. The molecular formula is C18H24F9S+. The minimum Gasteiger partial charge on any atom is -0.269 e. The predicted octanol–water partition coefficient (Wildman–Crippen LogP) is 6.15. The Morgan fingerprint density at radius 3 is 0.643 bits per heavy atom. The van der Waals surface area contributed by atoms with Crippen LogP contribution in [-0.2, 0) is 10.9 Å². The number of benzene rings is 3. The highest BCUT2D eigenvalue weighted by Crippen LogP contribution is 2.30. The molecule has 0 aliphatic carbocycles. The lowest BCUT2D eigenvalue weighted by atomic mass is 10.4. The van der Waals surface area contributed by atoms with Gasteiger partial charge in [0.2, 0.25) is 0 Å². The molecule has 0 amide bonds. The van der Waals surface area contributed by atoms with Gasteiger partial charge in [0.05, 0.1) is 10.9 Å². The first-order valence-electron chi connectivity index (χ1n) is 6.34. The van der Waals surface area contributed by atoms with Crippen LogP contribution >= 0.6 is 0 Å². The first-order chi connectivity index (χ1) is 9.45. The Balaban J connectivity index is -0.0000000980. The van der Waals surface area contributed by atoms with E-state index in [0.717, 1.165) is 0 Å². The predicted molar refractivity (Wildman–Crippen MR) is 104 cm³/mol. The van der Waals surface area contributed by atoms with Gasteiger partial charge in [0.25, 0.3) is 0 Å². The normalized spacial score (nSPS) is 7.18. The highest BCUT2D eigenvalue weighted by atomic mass is 32.2. The van der Waals surface area contributed by atoms with E-state index in [9.17, 15) is 0 Å². The second kappa shape index (κ2) is 22.4. The van der Waals surface area contributed by atoms with Crippen LogP contribution < -0.4 is 0 Å². The lowest BCUT2D eigenvalue weighted by Gasteiger charge is -2.07. The van der Waals surface area contributed by atoms with Gasteiger partial charge < -0.3 is 0 Å². The van der Waals surface area contributed by atoms with Gasteiger partial charge in [-0.25, -0.2) is 0 Å². The quantitative estimate of drug-likeness (QED) is 0.336. The van der Waals surface area contributed by atoms with Crippen LogP contribution in [0.1, 0.15) is 0 Å². The van der Waals surface area contributed by atoms with E-state index in [1.807, 2.05) is 0 Å². The second-order valence-electron chi connectivity index (χ2n) is 4.25. The number of hydrogen-bond acceptors (Lipinski definition) is 0. The Hall–Kier alpha value is -2.62. The van der Waals surface area contributed by atoms with E-state index in [2.05, 4.69) is 91.0 Å². The summed E-state index contributed by atoms with van der Waals surface area (Å²) in [5, 5.41) is 0. The summed E-state index contributed by atoms with van der Waals surface area (Å²) in [6, 6.07) is 32.2. The third-order valence-corrected chi connectivity index (χ3v) is 5.17. The van der Waals surface area contributed by atoms with Gasteiger partial charge >= 0.3 is 0 Å². The molecule has 0 saturated heterocycles. The van der Waals surface area contributed by atoms with E-state index in [1.54, 1.807) is 0 Å². The maximum absolute atomic E-state index is 2.21. The SMILES string of the molecule is F.F.F.F.F.F.F.F.F.c1ccc([S+](c2ccccc2)c2ccccc2)cc1. The van der Waals surface area contributed by atoms with E-state index in [4.69, 9.17) is 0 Å². The number of hydrogen-bond donors (Lipinski definition) is 0. The van der Waals surface area contributed by atoms with Crippen molar-refractivity contribution < 1.29 is 42.3 Å². The summed E-state index contributed by atoms with van der Waals surface area (Å²) in [5.41, 5.74) is 0. The van der Waals surface area contributed by atoms with Gasteiger partial charge in [0, 0.05) is 0 Å². The molecule has 0 aromatic heterocycles. The van der Waals surface area contributed by atoms with Crippen molar-refractivity contribution in [2.45, 2.75) is 14.7 Å². The minimum absolute atomic E-state index is 0. The summed E-state index contributed by atoms with van der Waals surface area (Å²) >= 11 is 0. The first-order valence-corrected chi connectivity index (χ1v) is 7.57. The standard InChI is InChI=1S/C18H15S.9FH/c1-4-10-16(11-5-1)19(17-12-6-2-7-13-17)18-14-8-3-9-15-18;;;;;;;;;/h1-15H;9*1H/q+1;;;;;;;;;. The van der Waals surface area contributed by atoms with Gasteiger partial charge in [-0.3, -0.25) is 42.3 Å². The molecule has 0 saturated carbocycles. The van der Waals surface area contributed by atoms with Crippen LogP contribution in [0.2, 0.25) is 0 Å². The van der Waals surface area contributed by atoms with Crippen molar-refractivity contribution in [2.75, 3.05) is 0 Å². The first kappa shape index (κ1) is 44.7. The molecule has 0 spiro atoms. The molecule has 0 fully saturated rings. The molecule has 3 aromatic rings. The molecule has 3 rings (SSSR count). The zero-order chi connectivity index (χ0) is 12.9. The fraction of sp³-hybridized carbons (Fsp3) is 0. The molecule has 164 valence electrons. The van der Waals surface area contributed by atoms with Crippen molar-refractivity contribution in [1.29, 1.82) is 0 Å². The highest BCUT2D eigenvalue weighted by Gasteiger charge is 2.27. The molecule has 0 heterocycles. The topological polar surface area (TPSA) is 0 Å². The lowest BCUT2D eigenvalue weighted by molar-refractivity contribution is 1.11. The molecule has 0 unspecified atom stereocenters. The summed E-state index contributed by atoms with van der Waals surface area (Å²) in [5.74, 6) is 0. The Bertz CT molecular complexity index is 549. The molecule has 0 aliphatic heterocycles. The van der Waals surface area contributed by atoms with Gasteiger partial charge in [0.1, 0.15) is 0 Å². The average molecular weight is 443 g/mol. The average Bonchev–Trinajstić information content (AvgIpc) is 2.51. The molecule has 0 nitrogen and oxygen atoms in total.